The van der Waals surface area contributed by atoms with Crippen LogP contribution in [-0.2, 0) is 0 Å². The highest BCUT2D eigenvalue weighted by atomic mass is 19.1. The van der Waals surface area contributed by atoms with Crippen molar-refractivity contribution in [1.82, 2.24) is 10.2 Å². The Hall–Kier alpha value is -3.09. The molecule has 6 nitrogen and oxygen atoms in total. The van der Waals surface area contributed by atoms with E-state index < -0.39 is 5.82 Å². The number of benzene rings is 2. The first-order valence-electron chi connectivity index (χ1n) is 9.70. The van der Waals surface area contributed by atoms with Crippen LogP contribution in [0, 0.1) is 18.7 Å². The molecule has 1 aliphatic rings. The number of hydrogen-bond acceptors (Lipinski definition) is 3. The van der Waals surface area contributed by atoms with E-state index in [-0.39, 0.29) is 17.9 Å². The van der Waals surface area contributed by atoms with Gasteiger partial charge in [-0.05, 0) is 56.0 Å². The van der Waals surface area contributed by atoms with Crippen molar-refractivity contribution in [2.45, 2.75) is 19.8 Å². The average molecular weight is 399 g/mol. The van der Waals surface area contributed by atoms with Crippen molar-refractivity contribution >= 4 is 17.6 Å². The molecular weight excluding hydrogens is 373 g/mol. The van der Waals surface area contributed by atoms with Crippen molar-refractivity contribution in [2.75, 3.05) is 32.1 Å². The lowest BCUT2D eigenvalue weighted by atomic mass is 9.97. The minimum Gasteiger partial charge on any atom is -0.496 e. The SMILES string of the molecule is COc1ccc(C)cc1C(=O)N1CCCC(CNC(=O)Nc2cccc(F)c2)C1. The maximum absolute atomic E-state index is 13.2. The number of anilines is 1. The Morgan fingerprint density at radius 3 is 2.83 bits per heavy atom. The molecule has 0 bridgehead atoms. The van der Waals surface area contributed by atoms with Crippen LogP contribution >= 0.6 is 0 Å². The molecule has 3 amide bonds. The summed E-state index contributed by atoms with van der Waals surface area (Å²) >= 11 is 0. The summed E-state index contributed by atoms with van der Waals surface area (Å²) in [7, 11) is 1.56. The molecule has 1 saturated heterocycles. The molecule has 0 spiro atoms. The topological polar surface area (TPSA) is 70.7 Å². The summed E-state index contributed by atoms with van der Waals surface area (Å²) in [4.78, 5) is 26.9. The molecule has 2 N–H and O–H groups in total. The van der Waals surface area contributed by atoms with Crippen LogP contribution in [0.25, 0.3) is 0 Å². The largest absolute Gasteiger partial charge is 0.496 e. The standard InChI is InChI=1S/C22H26FN3O3/c1-15-8-9-20(29-2)19(11-15)21(27)26-10-4-5-16(14-26)13-24-22(28)25-18-7-3-6-17(23)12-18/h3,6-9,11-12,16H,4-5,10,13-14H2,1-2H3,(H2,24,25,28). The summed E-state index contributed by atoms with van der Waals surface area (Å²) in [6.45, 7) is 3.63. The van der Waals surface area contributed by atoms with Crippen molar-refractivity contribution in [2.24, 2.45) is 5.92 Å². The first kappa shape index (κ1) is 20.6. The lowest BCUT2D eigenvalue weighted by molar-refractivity contribution is 0.0671. The van der Waals surface area contributed by atoms with Gasteiger partial charge in [-0.15, -0.1) is 0 Å². The van der Waals surface area contributed by atoms with E-state index in [1.165, 1.54) is 18.2 Å². The monoisotopic (exact) mass is 399 g/mol. The lowest BCUT2D eigenvalue weighted by Crippen LogP contribution is -2.44. The molecule has 0 saturated carbocycles. The third-order valence-corrected chi connectivity index (χ3v) is 5.03. The number of nitrogens with zero attached hydrogens (tertiary/aromatic N) is 1. The van der Waals surface area contributed by atoms with E-state index in [4.69, 9.17) is 4.74 Å². The van der Waals surface area contributed by atoms with Crippen LogP contribution < -0.4 is 15.4 Å². The number of ether oxygens (including phenoxy) is 1. The molecule has 1 aliphatic heterocycles. The number of rotatable bonds is 5. The second-order valence-electron chi connectivity index (χ2n) is 7.31. The molecular formula is C22H26FN3O3. The van der Waals surface area contributed by atoms with E-state index in [0.29, 0.717) is 36.6 Å². The van der Waals surface area contributed by atoms with E-state index in [1.54, 1.807) is 13.2 Å². The van der Waals surface area contributed by atoms with Gasteiger partial charge in [-0.3, -0.25) is 4.79 Å². The molecule has 29 heavy (non-hydrogen) atoms. The average Bonchev–Trinajstić information content (AvgIpc) is 2.72. The van der Waals surface area contributed by atoms with E-state index in [2.05, 4.69) is 10.6 Å². The normalized spacial score (nSPS) is 16.2. The van der Waals surface area contributed by atoms with Crippen molar-refractivity contribution < 1.29 is 18.7 Å². The Kier molecular flexibility index (Phi) is 6.69. The van der Waals surface area contributed by atoms with Gasteiger partial charge in [0, 0.05) is 25.3 Å². The molecule has 2 aromatic rings. The third kappa shape index (κ3) is 5.47. The number of likely N-dealkylation sites (tertiary alicyclic amines) is 1. The van der Waals surface area contributed by atoms with Gasteiger partial charge in [0.05, 0.1) is 12.7 Å². The molecule has 0 radical (unpaired) electrons. The van der Waals surface area contributed by atoms with Crippen LogP contribution in [0.2, 0.25) is 0 Å². The van der Waals surface area contributed by atoms with Gasteiger partial charge in [0.15, 0.2) is 0 Å². The molecule has 2 aromatic carbocycles. The zero-order chi connectivity index (χ0) is 20.8. The van der Waals surface area contributed by atoms with Crippen molar-refractivity contribution in [1.29, 1.82) is 0 Å². The van der Waals surface area contributed by atoms with Gasteiger partial charge < -0.3 is 20.3 Å². The maximum atomic E-state index is 13.2. The van der Waals surface area contributed by atoms with E-state index in [1.807, 2.05) is 30.0 Å². The molecule has 1 unspecified atom stereocenters. The highest BCUT2D eigenvalue weighted by molar-refractivity contribution is 5.97. The molecule has 154 valence electrons. The molecule has 3 rings (SSSR count). The predicted molar refractivity (Wildman–Crippen MR) is 110 cm³/mol. The lowest BCUT2D eigenvalue weighted by Gasteiger charge is -2.33. The number of carbonyl (C=O) groups excluding carboxylic acids is 2. The van der Waals surface area contributed by atoms with Crippen LogP contribution in [0.5, 0.6) is 5.75 Å². The summed E-state index contributed by atoms with van der Waals surface area (Å²) in [5, 5.41) is 5.43. The number of nitrogens with one attached hydrogen (secondary N) is 2. The van der Waals surface area contributed by atoms with Crippen molar-refractivity contribution in [3.05, 3.63) is 59.4 Å². The summed E-state index contributed by atoms with van der Waals surface area (Å²) < 4.78 is 18.6. The molecule has 1 fully saturated rings. The number of hydrogen-bond donors (Lipinski definition) is 2. The second-order valence-corrected chi connectivity index (χ2v) is 7.31. The highest BCUT2D eigenvalue weighted by Crippen LogP contribution is 2.24. The number of halogens is 1. The first-order valence-corrected chi connectivity index (χ1v) is 9.70. The number of urea groups is 1. The van der Waals surface area contributed by atoms with Crippen LogP contribution in [0.3, 0.4) is 0 Å². The maximum Gasteiger partial charge on any atom is 0.319 e. The van der Waals surface area contributed by atoms with Gasteiger partial charge in [0.2, 0.25) is 0 Å². The fourth-order valence-corrected chi connectivity index (χ4v) is 3.55. The minimum absolute atomic E-state index is 0.0561. The third-order valence-electron chi connectivity index (χ3n) is 5.03. The Morgan fingerprint density at radius 1 is 1.24 bits per heavy atom. The fraction of sp³-hybridized carbons (Fsp3) is 0.364. The van der Waals surface area contributed by atoms with Crippen LogP contribution in [0.15, 0.2) is 42.5 Å². The first-order chi connectivity index (χ1) is 14.0. The predicted octanol–water partition coefficient (Wildman–Crippen LogP) is 3.82. The molecule has 7 heteroatoms. The summed E-state index contributed by atoms with van der Waals surface area (Å²) in [5.74, 6) is 0.257. The Morgan fingerprint density at radius 2 is 2.07 bits per heavy atom. The number of carbonyl (C=O) groups is 2. The number of amides is 3. The Labute approximate surface area is 170 Å². The van der Waals surface area contributed by atoms with Crippen LogP contribution in [0.4, 0.5) is 14.9 Å². The van der Waals surface area contributed by atoms with Gasteiger partial charge in [-0.1, -0.05) is 17.7 Å². The van der Waals surface area contributed by atoms with Crippen molar-refractivity contribution in [3.8, 4) is 5.75 Å². The van der Waals surface area contributed by atoms with E-state index >= 15 is 0 Å². The van der Waals surface area contributed by atoms with Crippen molar-refractivity contribution in [3.63, 3.8) is 0 Å². The number of aryl methyl sites for hydroxylation is 1. The zero-order valence-corrected chi connectivity index (χ0v) is 16.7. The number of methoxy groups -OCH3 is 1. The molecule has 0 aromatic heterocycles. The van der Waals surface area contributed by atoms with Gasteiger partial charge in [-0.2, -0.15) is 0 Å². The van der Waals surface area contributed by atoms with Crippen LogP contribution in [0.1, 0.15) is 28.8 Å². The quantitative estimate of drug-likeness (QED) is 0.803. The van der Waals surface area contributed by atoms with Gasteiger partial charge in [0.1, 0.15) is 11.6 Å². The van der Waals surface area contributed by atoms with Gasteiger partial charge in [0.25, 0.3) is 5.91 Å². The number of piperidine rings is 1. The minimum atomic E-state index is -0.407. The summed E-state index contributed by atoms with van der Waals surface area (Å²) in [5.41, 5.74) is 1.96. The molecule has 1 heterocycles. The smallest absolute Gasteiger partial charge is 0.319 e. The zero-order valence-electron chi connectivity index (χ0n) is 16.7. The Balaban J connectivity index is 1.56. The summed E-state index contributed by atoms with van der Waals surface area (Å²) in [6, 6.07) is 10.9. The molecule has 0 aliphatic carbocycles. The van der Waals surface area contributed by atoms with Gasteiger partial charge >= 0.3 is 6.03 Å². The van der Waals surface area contributed by atoms with Gasteiger partial charge in [-0.25, -0.2) is 9.18 Å². The molecule has 1 atom stereocenters. The fourth-order valence-electron chi connectivity index (χ4n) is 3.55. The highest BCUT2D eigenvalue weighted by Gasteiger charge is 2.26. The van der Waals surface area contributed by atoms with E-state index in [9.17, 15) is 14.0 Å². The summed E-state index contributed by atoms with van der Waals surface area (Å²) in [6.07, 6.45) is 1.80. The Bertz CT molecular complexity index is 887. The van der Waals surface area contributed by atoms with Crippen LogP contribution in [-0.4, -0.2) is 43.6 Å². The van der Waals surface area contributed by atoms with E-state index in [0.717, 1.165) is 18.4 Å². The second kappa shape index (κ2) is 9.41.